The molecule has 0 radical (unpaired) electrons. The first-order valence-electron chi connectivity index (χ1n) is 7.49. The Morgan fingerprint density at radius 3 is 2.65 bits per heavy atom. The molecule has 2 N–H and O–H groups in total. The minimum absolute atomic E-state index is 0.0342. The van der Waals surface area contributed by atoms with Gasteiger partial charge < -0.3 is 15.2 Å². The third-order valence-electron chi connectivity index (χ3n) is 4.20. The van der Waals surface area contributed by atoms with E-state index in [1.165, 1.54) is 10.6 Å². The second-order valence-electron chi connectivity index (χ2n) is 5.79. The summed E-state index contributed by atoms with van der Waals surface area (Å²) in [6, 6.07) is 13.0. The van der Waals surface area contributed by atoms with E-state index in [4.69, 9.17) is 5.73 Å². The molecule has 5 nitrogen and oxygen atoms in total. The van der Waals surface area contributed by atoms with Crippen LogP contribution in [0.15, 0.2) is 57.9 Å². The molecule has 1 fully saturated rings. The summed E-state index contributed by atoms with van der Waals surface area (Å²) in [5.74, 6) is 0.0541. The highest BCUT2D eigenvalue weighted by Crippen LogP contribution is 2.26. The van der Waals surface area contributed by atoms with Gasteiger partial charge >= 0.3 is 0 Å². The zero-order valence-corrected chi connectivity index (χ0v) is 14.1. The van der Waals surface area contributed by atoms with Gasteiger partial charge in [0.2, 0.25) is 5.91 Å². The van der Waals surface area contributed by atoms with Crippen molar-refractivity contribution in [2.24, 2.45) is 5.73 Å². The minimum atomic E-state index is -0.190. The van der Waals surface area contributed by atoms with Gasteiger partial charge in [0.25, 0.3) is 5.56 Å². The van der Waals surface area contributed by atoms with Crippen LogP contribution in [-0.2, 0) is 11.3 Å². The van der Waals surface area contributed by atoms with Crippen molar-refractivity contribution in [3.05, 3.63) is 69.1 Å². The van der Waals surface area contributed by atoms with Crippen LogP contribution < -0.4 is 11.3 Å². The highest BCUT2D eigenvalue weighted by atomic mass is 79.9. The smallest absolute Gasteiger partial charge is 0.251 e. The van der Waals surface area contributed by atoms with E-state index < -0.39 is 0 Å². The van der Waals surface area contributed by atoms with Gasteiger partial charge in [-0.15, -0.1) is 0 Å². The zero-order chi connectivity index (χ0) is 16.4. The quantitative estimate of drug-likeness (QED) is 0.884. The van der Waals surface area contributed by atoms with Crippen LogP contribution in [0.4, 0.5) is 0 Å². The van der Waals surface area contributed by atoms with Gasteiger partial charge in [-0.3, -0.25) is 9.59 Å². The van der Waals surface area contributed by atoms with Crippen LogP contribution in [0, 0.1) is 0 Å². The molecule has 1 aliphatic rings. The number of pyridine rings is 1. The Hall–Kier alpha value is -1.92. The Morgan fingerprint density at radius 1 is 1.17 bits per heavy atom. The molecule has 0 bridgehead atoms. The van der Waals surface area contributed by atoms with Crippen molar-refractivity contribution < 1.29 is 4.79 Å². The van der Waals surface area contributed by atoms with Gasteiger partial charge in [0.1, 0.15) is 6.54 Å². The molecule has 2 aromatic rings. The Bertz CT molecular complexity index is 760. The monoisotopic (exact) mass is 375 g/mol. The first kappa shape index (κ1) is 16.0. The molecule has 0 aliphatic carbocycles. The molecule has 120 valence electrons. The van der Waals surface area contributed by atoms with Crippen LogP contribution in [0.3, 0.4) is 0 Å². The number of carbonyl (C=O) groups excluding carboxylic acids is 1. The van der Waals surface area contributed by atoms with Gasteiger partial charge in [0.15, 0.2) is 0 Å². The molecule has 2 atom stereocenters. The van der Waals surface area contributed by atoms with Crippen LogP contribution in [0.2, 0.25) is 0 Å². The topological polar surface area (TPSA) is 68.3 Å². The maximum Gasteiger partial charge on any atom is 0.251 e. The van der Waals surface area contributed by atoms with E-state index in [9.17, 15) is 9.59 Å². The fourth-order valence-electron chi connectivity index (χ4n) is 2.96. The van der Waals surface area contributed by atoms with Crippen molar-refractivity contribution in [3.63, 3.8) is 0 Å². The van der Waals surface area contributed by atoms with E-state index in [0.29, 0.717) is 13.1 Å². The molecule has 0 saturated carbocycles. The molecule has 1 aliphatic heterocycles. The molecule has 1 amide bonds. The lowest BCUT2D eigenvalue weighted by Crippen LogP contribution is -2.36. The second-order valence-corrected chi connectivity index (χ2v) is 6.71. The summed E-state index contributed by atoms with van der Waals surface area (Å²) in [7, 11) is 0. The van der Waals surface area contributed by atoms with E-state index >= 15 is 0 Å². The van der Waals surface area contributed by atoms with E-state index in [-0.39, 0.29) is 30.0 Å². The number of hydrogen-bond acceptors (Lipinski definition) is 3. The fourth-order valence-corrected chi connectivity index (χ4v) is 3.34. The third kappa shape index (κ3) is 3.54. The molecule has 1 saturated heterocycles. The van der Waals surface area contributed by atoms with Gasteiger partial charge in [-0.1, -0.05) is 30.3 Å². The highest BCUT2D eigenvalue weighted by Gasteiger charge is 2.33. The van der Waals surface area contributed by atoms with E-state index in [1.807, 2.05) is 30.3 Å². The largest absolute Gasteiger partial charge is 0.339 e. The molecule has 0 unspecified atom stereocenters. The lowest BCUT2D eigenvalue weighted by molar-refractivity contribution is -0.130. The number of hydrogen-bond donors (Lipinski definition) is 1. The van der Waals surface area contributed by atoms with Crippen LogP contribution in [-0.4, -0.2) is 34.5 Å². The van der Waals surface area contributed by atoms with E-state index in [1.54, 1.807) is 17.2 Å². The van der Waals surface area contributed by atoms with Gasteiger partial charge in [0.05, 0.1) is 0 Å². The lowest BCUT2D eigenvalue weighted by Gasteiger charge is -2.17. The summed E-state index contributed by atoms with van der Waals surface area (Å²) in [4.78, 5) is 26.1. The second kappa shape index (κ2) is 6.68. The predicted octanol–water partition coefficient (Wildman–Crippen LogP) is 1.56. The summed E-state index contributed by atoms with van der Waals surface area (Å²) in [6.45, 7) is 1.14. The van der Waals surface area contributed by atoms with Gasteiger partial charge in [-0.2, -0.15) is 0 Å². The minimum Gasteiger partial charge on any atom is -0.339 e. The molecule has 1 aromatic carbocycles. The zero-order valence-electron chi connectivity index (χ0n) is 12.6. The van der Waals surface area contributed by atoms with E-state index in [0.717, 1.165) is 10.0 Å². The number of nitrogens with zero attached hydrogens (tertiary/aromatic N) is 2. The Kier molecular flexibility index (Phi) is 4.63. The number of amides is 1. The number of benzene rings is 1. The van der Waals surface area contributed by atoms with Crippen LogP contribution in [0.5, 0.6) is 0 Å². The normalized spacial score (nSPS) is 20.7. The van der Waals surface area contributed by atoms with Crippen molar-refractivity contribution in [1.29, 1.82) is 0 Å². The predicted molar refractivity (Wildman–Crippen MR) is 92.1 cm³/mol. The average Bonchev–Trinajstić information content (AvgIpc) is 2.94. The first-order valence-corrected chi connectivity index (χ1v) is 8.28. The maximum absolute atomic E-state index is 12.5. The van der Waals surface area contributed by atoms with Crippen LogP contribution >= 0.6 is 15.9 Å². The van der Waals surface area contributed by atoms with Crippen molar-refractivity contribution in [1.82, 2.24) is 9.47 Å². The molecular weight excluding hydrogens is 358 g/mol. The number of nitrogens with two attached hydrogens (primary N) is 1. The lowest BCUT2D eigenvalue weighted by atomic mass is 9.95. The number of rotatable bonds is 3. The average molecular weight is 376 g/mol. The molecule has 3 rings (SSSR count). The maximum atomic E-state index is 12.5. The number of aromatic nitrogens is 1. The molecule has 0 spiro atoms. The Labute approximate surface area is 142 Å². The molecule has 23 heavy (non-hydrogen) atoms. The third-order valence-corrected chi connectivity index (χ3v) is 4.67. The number of likely N-dealkylation sites (tertiary alicyclic amines) is 1. The highest BCUT2D eigenvalue weighted by molar-refractivity contribution is 9.10. The summed E-state index contributed by atoms with van der Waals surface area (Å²) in [6.07, 6.45) is 1.63. The van der Waals surface area contributed by atoms with Gasteiger partial charge in [-0.25, -0.2) is 0 Å². The Morgan fingerprint density at radius 2 is 1.91 bits per heavy atom. The summed E-state index contributed by atoms with van der Waals surface area (Å²) < 4.78 is 2.18. The number of carbonyl (C=O) groups is 1. The summed E-state index contributed by atoms with van der Waals surface area (Å²) >= 11 is 3.31. The van der Waals surface area contributed by atoms with Crippen LogP contribution in [0.25, 0.3) is 0 Å². The fraction of sp³-hybridized carbons (Fsp3) is 0.294. The van der Waals surface area contributed by atoms with Crippen molar-refractivity contribution >= 4 is 21.8 Å². The Balaban J connectivity index is 1.72. The number of halogens is 1. The summed E-state index contributed by atoms with van der Waals surface area (Å²) in [5.41, 5.74) is 7.17. The van der Waals surface area contributed by atoms with Crippen molar-refractivity contribution in [2.45, 2.75) is 18.5 Å². The van der Waals surface area contributed by atoms with Gasteiger partial charge in [-0.05, 0) is 27.6 Å². The first-order chi connectivity index (χ1) is 11.0. The van der Waals surface area contributed by atoms with Gasteiger partial charge in [0, 0.05) is 41.8 Å². The summed E-state index contributed by atoms with van der Waals surface area (Å²) in [5, 5.41) is 0. The molecule has 2 heterocycles. The van der Waals surface area contributed by atoms with Crippen molar-refractivity contribution in [3.8, 4) is 0 Å². The SMILES string of the molecule is N[C@@H]1CN(C(=O)Cn2cc(Br)ccc2=O)C[C@H]1c1ccccc1. The van der Waals surface area contributed by atoms with Crippen molar-refractivity contribution in [2.75, 3.05) is 13.1 Å². The molecule has 1 aromatic heterocycles. The molecule has 6 heteroatoms. The van der Waals surface area contributed by atoms with E-state index in [2.05, 4.69) is 15.9 Å². The standard InChI is InChI=1S/C17H18BrN3O2/c18-13-6-7-16(22)20(8-13)11-17(23)21-9-14(15(19)10-21)12-4-2-1-3-5-12/h1-8,14-15H,9-11,19H2/t14-,15+/m0/s1. The van der Waals surface area contributed by atoms with Crippen LogP contribution in [0.1, 0.15) is 11.5 Å². The molecular formula is C17H18BrN3O2.